The lowest BCUT2D eigenvalue weighted by atomic mass is 10.1. The van der Waals surface area contributed by atoms with Crippen LogP contribution in [0.5, 0.6) is 0 Å². The number of hydrogen-bond donors (Lipinski definition) is 1. The van der Waals surface area contributed by atoms with Gasteiger partial charge < -0.3 is 14.8 Å². The van der Waals surface area contributed by atoms with Crippen LogP contribution in [0.4, 0.5) is 0 Å². The normalized spacial score (nSPS) is 16.0. The highest BCUT2D eigenvalue weighted by Crippen LogP contribution is 2.24. The fourth-order valence-corrected chi connectivity index (χ4v) is 3.41. The minimum atomic E-state index is 0.124. The van der Waals surface area contributed by atoms with Crippen molar-refractivity contribution in [3.63, 3.8) is 0 Å². The summed E-state index contributed by atoms with van der Waals surface area (Å²) in [4.78, 5) is 14.7. The average molecular weight is 313 g/mol. The zero-order valence-corrected chi connectivity index (χ0v) is 13.4. The number of para-hydroxylation sites is 1. The maximum absolute atomic E-state index is 12.7. The van der Waals surface area contributed by atoms with Crippen LogP contribution in [-0.4, -0.2) is 27.7 Å². The summed E-state index contributed by atoms with van der Waals surface area (Å²) in [6.45, 7) is 1.34. The molecule has 0 bridgehead atoms. The van der Waals surface area contributed by atoms with Crippen molar-refractivity contribution in [2.45, 2.75) is 38.4 Å². The molecule has 0 amide bonds. The zero-order chi connectivity index (χ0) is 15.3. The lowest BCUT2D eigenvalue weighted by molar-refractivity contribution is 0.483. The summed E-state index contributed by atoms with van der Waals surface area (Å²) in [5.41, 5.74) is 3.32. The second kappa shape index (κ2) is 5.09. The van der Waals surface area contributed by atoms with Gasteiger partial charge in [-0.25, -0.2) is 0 Å². The molecular weight excluding hydrogens is 294 g/mol. The summed E-state index contributed by atoms with van der Waals surface area (Å²) in [6, 6.07) is 8.84. The molecule has 0 radical (unpaired) electrons. The third-order valence-electron chi connectivity index (χ3n) is 4.53. The molecule has 114 valence electrons. The molecule has 0 unspecified atom stereocenters. The first kappa shape index (κ1) is 13.8. The van der Waals surface area contributed by atoms with Crippen molar-refractivity contribution in [3.05, 3.63) is 45.7 Å². The van der Waals surface area contributed by atoms with Gasteiger partial charge in [0.1, 0.15) is 0 Å². The quantitative estimate of drug-likeness (QED) is 0.880. The van der Waals surface area contributed by atoms with Crippen LogP contribution in [0.25, 0.3) is 10.9 Å². The van der Waals surface area contributed by atoms with Crippen LogP contribution in [0, 0.1) is 0 Å². The molecule has 4 rings (SSSR count). The molecule has 1 aliphatic heterocycles. The van der Waals surface area contributed by atoms with Crippen molar-refractivity contribution in [3.8, 4) is 0 Å². The predicted molar refractivity (Wildman–Crippen MR) is 92.1 cm³/mol. The molecule has 1 aliphatic carbocycles. The number of nitrogens with one attached hydrogen (secondary N) is 1. The number of thiocarbonyl (C=S) groups is 1. The second-order valence-corrected chi connectivity index (χ2v) is 6.70. The highest BCUT2D eigenvalue weighted by atomic mass is 32.1. The smallest absolute Gasteiger partial charge is 0.256 e. The maximum atomic E-state index is 12.7. The summed E-state index contributed by atoms with van der Waals surface area (Å²) < 4.78 is 1.92. The van der Waals surface area contributed by atoms with Crippen molar-refractivity contribution in [2.75, 3.05) is 7.05 Å². The standard InChI is InChI=1S/C17H19N3OS/c1-19(17(22)18-14-5-6-14)10-13-9-12-4-2-3-11-7-8-20(15(11)12)16(13)21/h2-4,9,14H,5-8,10H2,1H3,(H,18,22). The molecule has 5 heteroatoms. The van der Waals surface area contributed by atoms with Crippen LogP contribution in [0.3, 0.4) is 0 Å². The predicted octanol–water partition coefficient (Wildman–Crippen LogP) is 2.03. The summed E-state index contributed by atoms with van der Waals surface area (Å²) in [5.74, 6) is 0. The molecule has 2 aliphatic rings. The van der Waals surface area contributed by atoms with Gasteiger partial charge in [-0.3, -0.25) is 4.79 Å². The molecule has 22 heavy (non-hydrogen) atoms. The fraction of sp³-hybridized carbons (Fsp3) is 0.412. The highest BCUT2D eigenvalue weighted by Gasteiger charge is 2.23. The molecule has 0 saturated heterocycles. The number of pyridine rings is 1. The van der Waals surface area contributed by atoms with Gasteiger partial charge in [0.15, 0.2) is 5.11 Å². The van der Waals surface area contributed by atoms with Crippen molar-refractivity contribution >= 4 is 28.2 Å². The number of rotatable bonds is 3. The molecule has 1 saturated carbocycles. The topological polar surface area (TPSA) is 37.3 Å². The molecule has 0 atom stereocenters. The van der Waals surface area contributed by atoms with E-state index in [4.69, 9.17) is 12.2 Å². The number of aryl methyl sites for hydroxylation is 2. The van der Waals surface area contributed by atoms with Crippen molar-refractivity contribution in [1.82, 2.24) is 14.8 Å². The minimum Gasteiger partial charge on any atom is -0.360 e. The Labute approximate surface area is 134 Å². The van der Waals surface area contributed by atoms with E-state index in [0.29, 0.717) is 12.6 Å². The van der Waals surface area contributed by atoms with E-state index in [1.807, 2.05) is 22.6 Å². The largest absolute Gasteiger partial charge is 0.360 e. The average Bonchev–Trinajstić information content (AvgIpc) is 3.21. The minimum absolute atomic E-state index is 0.124. The molecule has 2 aromatic rings. The van der Waals surface area contributed by atoms with E-state index in [1.54, 1.807) is 0 Å². The SMILES string of the molecule is CN(Cc1cc2cccc3c2n(c1=O)CC3)C(=S)NC1CC1. The summed E-state index contributed by atoms with van der Waals surface area (Å²) in [7, 11) is 1.95. The van der Waals surface area contributed by atoms with Gasteiger partial charge in [-0.1, -0.05) is 18.2 Å². The van der Waals surface area contributed by atoms with Crippen LogP contribution in [0.1, 0.15) is 24.0 Å². The van der Waals surface area contributed by atoms with E-state index in [1.165, 1.54) is 18.4 Å². The first-order chi connectivity index (χ1) is 10.6. The molecule has 2 heterocycles. The van der Waals surface area contributed by atoms with E-state index in [0.717, 1.165) is 34.5 Å². The van der Waals surface area contributed by atoms with Crippen LogP contribution in [0.15, 0.2) is 29.1 Å². The van der Waals surface area contributed by atoms with E-state index in [-0.39, 0.29) is 5.56 Å². The van der Waals surface area contributed by atoms with E-state index in [9.17, 15) is 4.79 Å². The van der Waals surface area contributed by atoms with Gasteiger partial charge >= 0.3 is 0 Å². The Balaban J connectivity index is 1.66. The molecular formula is C17H19N3OS. The summed E-state index contributed by atoms with van der Waals surface area (Å²) in [6.07, 6.45) is 3.34. The zero-order valence-electron chi connectivity index (χ0n) is 12.6. The van der Waals surface area contributed by atoms with Crippen molar-refractivity contribution < 1.29 is 0 Å². The van der Waals surface area contributed by atoms with Crippen LogP contribution < -0.4 is 10.9 Å². The number of hydrogen-bond acceptors (Lipinski definition) is 2. The van der Waals surface area contributed by atoms with Gasteiger partial charge in [-0.05, 0) is 48.5 Å². The van der Waals surface area contributed by atoms with E-state index >= 15 is 0 Å². The molecule has 1 N–H and O–H groups in total. The van der Waals surface area contributed by atoms with Gasteiger partial charge in [0.2, 0.25) is 0 Å². The van der Waals surface area contributed by atoms with Gasteiger partial charge in [0.25, 0.3) is 5.56 Å². The van der Waals surface area contributed by atoms with E-state index in [2.05, 4.69) is 23.5 Å². The van der Waals surface area contributed by atoms with Gasteiger partial charge in [-0.2, -0.15) is 0 Å². The number of aromatic nitrogens is 1. The molecule has 1 aromatic heterocycles. The Morgan fingerprint density at radius 2 is 2.27 bits per heavy atom. The Bertz CT molecular complexity index is 822. The molecule has 1 aromatic carbocycles. The Kier molecular flexibility index (Phi) is 3.18. The Hall–Kier alpha value is -1.88. The van der Waals surface area contributed by atoms with Crippen molar-refractivity contribution in [1.29, 1.82) is 0 Å². The van der Waals surface area contributed by atoms with Gasteiger partial charge in [0, 0.05) is 25.2 Å². The van der Waals surface area contributed by atoms with Gasteiger partial charge in [-0.15, -0.1) is 0 Å². The summed E-state index contributed by atoms with van der Waals surface area (Å²) in [5, 5.41) is 5.20. The Morgan fingerprint density at radius 3 is 3.05 bits per heavy atom. The lowest BCUT2D eigenvalue weighted by Crippen LogP contribution is -2.39. The monoisotopic (exact) mass is 313 g/mol. The van der Waals surface area contributed by atoms with Crippen LogP contribution in [0.2, 0.25) is 0 Å². The summed E-state index contributed by atoms with van der Waals surface area (Å²) >= 11 is 5.41. The lowest BCUT2D eigenvalue weighted by Gasteiger charge is -2.21. The fourth-order valence-electron chi connectivity index (χ4n) is 3.18. The first-order valence-electron chi connectivity index (χ1n) is 7.79. The first-order valence-corrected chi connectivity index (χ1v) is 8.20. The third kappa shape index (κ3) is 2.29. The molecule has 4 nitrogen and oxygen atoms in total. The van der Waals surface area contributed by atoms with Gasteiger partial charge in [0.05, 0.1) is 12.1 Å². The number of benzene rings is 1. The maximum Gasteiger partial charge on any atom is 0.256 e. The van der Waals surface area contributed by atoms with Crippen LogP contribution >= 0.6 is 12.2 Å². The number of nitrogens with zero attached hydrogens (tertiary/aromatic N) is 2. The Morgan fingerprint density at radius 1 is 1.45 bits per heavy atom. The third-order valence-corrected chi connectivity index (χ3v) is 4.96. The molecule has 0 spiro atoms. The highest BCUT2D eigenvalue weighted by molar-refractivity contribution is 7.80. The van der Waals surface area contributed by atoms with Crippen molar-refractivity contribution in [2.24, 2.45) is 0 Å². The molecule has 1 fully saturated rings. The second-order valence-electron chi connectivity index (χ2n) is 6.31. The van der Waals surface area contributed by atoms with E-state index < -0.39 is 0 Å². The van der Waals surface area contributed by atoms with Crippen LogP contribution in [-0.2, 0) is 19.5 Å².